The van der Waals surface area contributed by atoms with Gasteiger partial charge in [-0.1, -0.05) is 0 Å². The average Bonchev–Trinajstić information content (AvgIpc) is 3.00. The van der Waals surface area contributed by atoms with Crippen LogP contribution >= 0.6 is 11.5 Å². The van der Waals surface area contributed by atoms with Gasteiger partial charge in [-0.3, -0.25) is 4.79 Å². The van der Waals surface area contributed by atoms with E-state index in [1.165, 1.54) is 17.9 Å². The van der Waals surface area contributed by atoms with E-state index in [1.807, 2.05) is 17.9 Å². The Morgan fingerprint density at radius 3 is 2.77 bits per heavy atom. The van der Waals surface area contributed by atoms with Crippen molar-refractivity contribution in [3.05, 3.63) is 30.1 Å². The van der Waals surface area contributed by atoms with Crippen molar-refractivity contribution in [1.29, 1.82) is 0 Å². The quantitative estimate of drug-likeness (QED) is 0.834. The van der Waals surface area contributed by atoms with E-state index >= 15 is 0 Å². The van der Waals surface area contributed by atoms with Crippen molar-refractivity contribution in [3.8, 4) is 0 Å². The van der Waals surface area contributed by atoms with Crippen molar-refractivity contribution < 1.29 is 4.79 Å². The first-order valence-electron chi connectivity index (χ1n) is 7.30. The summed E-state index contributed by atoms with van der Waals surface area (Å²) in [5, 5.41) is 0.950. The Hall–Kier alpha value is -2.09. The second-order valence-electron chi connectivity index (χ2n) is 5.19. The van der Waals surface area contributed by atoms with Crippen LogP contribution in [-0.4, -0.2) is 56.3 Å². The van der Waals surface area contributed by atoms with Crippen LogP contribution in [0.5, 0.6) is 0 Å². The molecule has 22 heavy (non-hydrogen) atoms. The zero-order valence-electron chi connectivity index (χ0n) is 12.5. The molecule has 1 amide bonds. The molecule has 1 fully saturated rings. The number of anilines is 1. The normalized spacial score (nSPS) is 15.1. The van der Waals surface area contributed by atoms with Crippen molar-refractivity contribution in [3.63, 3.8) is 0 Å². The molecule has 0 bridgehead atoms. The fourth-order valence-electron chi connectivity index (χ4n) is 2.42. The molecule has 2 aromatic heterocycles. The van der Waals surface area contributed by atoms with Crippen LogP contribution in [0.15, 0.2) is 18.6 Å². The molecule has 116 valence electrons. The summed E-state index contributed by atoms with van der Waals surface area (Å²) in [6.45, 7) is 5.00. The molecule has 3 heterocycles. The van der Waals surface area contributed by atoms with Crippen molar-refractivity contribution >= 4 is 22.6 Å². The monoisotopic (exact) mass is 318 g/mol. The molecule has 3 rings (SSSR count). The fraction of sp³-hybridized carbons (Fsp3) is 0.500. The number of carbonyl (C=O) groups is 1. The predicted octanol–water partition coefficient (Wildman–Crippen LogP) is 0.918. The van der Waals surface area contributed by atoms with Crippen LogP contribution < -0.4 is 4.90 Å². The molecule has 0 radical (unpaired) electrons. The lowest BCUT2D eigenvalue weighted by Gasteiger charge is -2.34. The number of aromatic nitrogens is 4. The highest BCUT2D eigenvalue weighted by Crippen LogP contribution is 2.18. The molecule has 0 aromatic carbocycles. The number of hydrogen-bond donors (Lipinski definition) is 0. The maximum Gasteiger partial charge on any atom is 0.223 e. The highest BCUT2D eigenvalue weighted by molar-refractivity contribution is 7.09. The Bertz CT molecular complexity index is 623. The van der Waals surface area contributed by atoms with Crippen LogP contribution in [0.2, 0.25) is 0 Å². The van der Waals surface area contributed by atoms with Crippen LogP contribution in [0, 0.1) is 6.92 Å². The van der Waals surface area contributed by atoms with E-state index in [1.54, 1.807) is 6.20 Å². The minimum atomic E-state index is 0.187. The van der Waals surface area contributed by atoms with E-state index in [0.29, 0.717) is 12.8 Å². The van der Waals surface area contributed by atoms with Crippen LogP contribution in [0.3, 0.4) is 0 Å². The summed E-state index contributed by atoms with van der Waals surface area (Å²) < 4.78 is 4.21. The molecule has 1 saturated heterocycles. The summed E-state index contributed by atoms with van der Waals surface area (Å²) in [5.74, 6) is 0.995. The second-order valence-corrected chi connectivity index (χ2v) is 5.92. The van der Waals surface area contributed by atoms with Gasteiger partial charge >= 0.3 is 0 Å². The van der Waals surface area contributed by atoms with Gasteiger partial charge < -0.3 is 9.80 Å². The lowest BCUT2D eigenvalue weighted by atomic mass is 10.2. The minimum Gasteiger partial charge on any atom is -0.343 e. The van der Waals surface area contributed by atoms with Crippen LogP contribution in [0.4, 0.5) is 5.13 Å². The number of rotatable bonds is 4. The third kappa shape index (κ3) is 3.56. The standard InChI is InChI=1S/C14H18N6OS/c1-11-17-14(22-18-11)20-8-6-19(7-9-20)13(21)3-2-12-4-5-15-10-16-12/h4-5,10H,2-3,6-9H2,1H3. The van der Waals surface area contributed by atoms with Crippen molar-refractivity contribution in [2.24, 2.45) is 0 Å². The molecule has 0 N–H and O–H groups in total. The first kappa shape index (κ1) is 14.8. The van der Waals surface area contributed by atoms with Gasteiger partial charge in [0.15, 0.2) is 0 Å². The molecule has 1 aliphatic rings. The third-order valence-corrected chi connectivity index (χ3v) is 4.53. The molecule has 0 spiro atoms. The molecular weight excluding hydrogens is 300 g/mol. The number of aryl methyl sites for hydroxylation is 2. The molecule has 0 aliphatic carbocycles. The smallest absolute Gasteiger partial charge is 0.223 e. The maximum atomic E-state index is 12.3. The number of amides is 1. The minimum absolute atomic E-state index is 0.187. The van der Waals surface area contributed by atoms with Gasteiger partial charge in [0.25, 0.3) is 0 Å². The lowest BCUT2D eigenvalue weighted by molar-refractivity contribution is -0.131. The Morgan fingerprint density at radius 1 is 1.32 bits per heavy atom. The van der Waals surface area contributed by atoms with Crippen molar-refractivity contribution in [2.75, 3.05) is 31.1 Å². The van der Waals surface area contributed by atoms with Gasteiger partial charge in [-0.2, -0.15) is 4.37 Å². The summed E-state index contributed by atoms with van der Waals surface area (Å²) in [5.41, 5.74) is 0.909. The molecule has 2 aromatic rings. The van der Waals surface area contributed by atoms with Gasteiger partial charge in [-0.05, 0) is 19.4 Å². The average molecular weight is 318 g/mol. The summed E-state index contributed by atoms with van der Waals surface area (Å²) >= 11 is 1.42. The van der Waals surface area contributed by atoms with Crippen LogP contribution in [0.1, 0.15) is 17.9 Å². The molecule has 8 heteroatoms. The van der Waals surface area contributed by atoms with Gasteiger partial charge in [-0.25, -0.2) is 15.0 Å². The van der Waals surface area contributed by atoms with Gasteiger partial charge in [0.1, 0.15) is 12.2 Å². The van der Waals surface area contributed by atoms with Gasteiger partial charge in [-0.15, -0.1) is 0 Å². The summed E-state index contributed by atoms with van der Waals surface area (Å²) in [7, 11) is 0. The number of piperazine rings is 1. The van der Waals surface area contributed by atoms with E-state index in [2.05, 4.69) is 24.2 Å². The topological polar surface area (TPSA) is 75.1 Å². The zero-order chi connectivity index (χ0) is 15.4. The molecule has 1 aliphatic heterocycles. The Balaban J connectivity index is 1.47. The fourth-order valence-corrected chi connectivity index (χ4v) is 3.15. The SMILES string of the molecule is Cc1nsc(N2CCN(C(=O)CCc3ccncn3)CC2)n1. The van der Waals surface area contributed by atoms with E-state index in [-0.39, 0.29) is 5.91 Å². The zero-order valence-corrected chi connectivity index (χ0v) is 13.3. The second kappa shape index (κ2) is 6.78. The van der Waals surface area contributed by atoms with Crippen LogP contribution in [-0.2, 0) is 11.2 Å². The number of nitrogens with zero attached hydrogens (tertiary/aromatic N) is 6. The van der Waals surface area contributed by atoms with E-state index < -0.39 is 0 Å². The third-order valence-electron chi connectivity index (χ3n) is 3.66. The van der Waals surface area contributed by atoms with Crippen LogP contribution in [0.25, 0.3) is 0 Å². The number of carbonyl (C=O) groups excluding carboxylic acids is 1. The Kier molecular flexibility index (Phi) is 4.57. The Labute approximate surface area is 133 Å². The lowest BCUT2D eigenvalue weighted by Crippen LogP contribution is -2.48. The summed E-state index contributed by atoms with van der Waals surface area (Å²) in [4.78, 5) is 28.8. The first-order chi connectivity index (χ1) is 10.7. The number of hydrogen-bond acceptors (Lipinski definition) is 7. The highest BCUT2D eigenvalue weighted by atomic mass is 32.1. The molecule has 0 saturated carbocycles. The molecular formula is C14H18N6OS. The van der Waals surface area contributed by atoms with Crippen molar-refractivity contribution in [1.82, 2.24) is 24.2 Å². The highest BCUT2D eigenvalue weighted by Gasteiger charge is 2.22. The van der Waals surface area contributed by atoms with E-state index in [4.69, 9.17) is 0 Å². The van der Waals surface area contributed by atoms with Crippen molar-refractivity contribution in [2.45, 2.75) is 19.8 Å². The largest absolute Gasteiger partial charge is 0.343 e. The maximum absolute atomic E-state index is 12.3. The Morgan fingerprint density at radius 2 is 2.14 bits per heavy atom. The summed E-state index contributed by atoms with van der Waals surface area (Å²) in [6.07, 6.45) is 4.38. The first-order valence-corrected chi connectivity index (χ1v) is 8.07. The predicted molar refractivity (Wildman–Crippen MR) is 83.8 cm³/mol. The van der Waals surface area contributed by atoms with Gasteiger partial charge in [0, 0.05) is 56.0 Å². The molecule has 7 nitrogen and oxygen atoms in total. The molecule has 0 atom stereocenters. The van der Waals surface area contributed by atoms with E-state index in [0.717, 1.165) is 42.8 Å². The molecule has 0 unspecified atom stereocenters. The van der Waals surface area contributed by atoms with Gasteiger partial charge in [0.05, 0.1) is 0 Å². The van der Waals surface area contributed by atoms with Gasteiger partial charge in [0.2, 0.25) is 11.0 Å². The van der Waals surface area contributed by atoms with E-state index in [9.17, 15) is 4.79 Å². The summed E-state index contributed by atoms with van der Waals surface area (Å²) in [6, 6.07) is 1.85.